The summed E-state index contributed by atoms with van der Waals surface area (Å²) in [5.41, 5.74) is 5.02. The van der Waals surface area contributed by atoms with Gasteiger partial charge in [0.15, 0.2) is 11.6 Å². The van der Waals surface area contributed by atoms with Crippen LogP contribution in [0.3, 0.4) is 0 Å². The van der Waals surface area contributed by atoms with E-state index in [9.17, 15) is 0 Å². The summed E-state index contributed by atoms with van der Waals surface area (Å²) in [4.78, 5) is 4.01. The van der Waals surface area contributed by atoms with Crippen LogP contribution in [0.5, 0.6) is 5.75 Å². The fourth-order valence-corrected chi connectivity index (χ4v) is 3.20. The quantitative estimate of drug-likeness (QED) is 0.546. The SMILES string of the molecule is CCCOc1c(Cl)cc(CNn2c(-c3ccncc3)n[nH]c2=S)cc1Cl. The Balaban J connectivity index is 1.80. The molecule has 2 N–H and O–H groups in total. The zero-order valence-electron chi connectivity index (χ0n) is 14.0. The highest BCUT2D eigenvalue weighted by Crippen LogP contribution is 2.34. The van der Waals surface area contributed by atoms with Crippen molar-refractivity contribution in [3.8, 4) is 17.1 Å². The van der Waals surface area contributed by atoms with E-state index in [4.69, 9.17) is 40.2 Å². The van der Waals surface area contributed by atoms with Gasteiger partial charge < -0.3 is 10.2 Å². The standard InChI is InChI=1S/C17H17Cl2N5OS/c1-2-7-25-15-13(18)8-11(9-14(15)19)10-21-24-16(22-23-17(24)26)12-3-5-20-6-4-12/h3-6,8-9,21H,2,7,10H2,1H3,(H,23,26). The summed E-state index contributed by atoms with van der Waals surface area (Å²) in [6.07, 6.45) is 4.28. The zero-order valence-corrected chi connectivity index (χ0v) is 16.3. The molecule has 2 aromatic heterocycles. The van der Waals surface area contributed by atoms with E-state index in [1.165, 1.54) is 0 Å². The highest BCUT2D eigenvalue weighted by molar-refractivity contribution is 7.71. The van der Waals surface area contributed by atoms with Crippen LogP contribution in [-0.2, 0) is 6.54 Å². The molecular weight excluding hydrogens is 393 g/mol. The second kappa shape index (κ2) is 8.53. The Bertz CT molecular complexity index is 919. The summed E-state index contributed by atoms with van der Waals surface area (Å²) in [6.45, 7) is 3.05. The van der Waals surface area contributed by atoms with E-state index in [1.807, 2.05) is 31.2 Å². The maximum Gasteiger partial charge on any atom is 0.214 e. The second-order valence-corrected chi connectivity index (χ2v) is 6.70. The molecule has 0 amide bonds. The van der Waals surface area contributed by atoms with Gasteiger partial charge in [-0.2, -0.15) is 5.10 Å². The number of pyridine rings is 1. The van der Waals surface area contributed by atoms with Gasteiger partial charge in [0.2, 0.25) is 4.77 Å². The van der Waals surface area contributed by atoms with Crippen LogP contribution in [-0.4, -0.2) is 26.5 Å². The van der Waals surface area contributed by atoms with Crippen molar-refractivity contribution in [1.29, 1.82) is 0 Å². The molecule has 0 fully saturated rings. The molecule has 0 saturated heterocycles. The maximum atomic E-state index is 6.30. The summed E-state index contributed by atoms with van der Waals surface area (Å²) < 4.78 is 7.75. The molecule has 0 atom stereocenters. The van der Waals surface area contributed by atoms with Gasteiger partial charge in [0, 0.05) is 18.0 Å². The molecule has 3 aromatic rings. The summed E-state index contributed by atoms with van der Waals surface area (Å²) in [6, 6.07) is 7.36. The Morgan fingerprint density at radius 3 is 2.58 bits per heavy atom. The summed E-state index contributed by atoms with van der Waals surface area (Å²) in [7, 11) is 0. The van der Waals surface area contributed by atoms with E-state index in [0.29, 0.717) is 39.5 Å². The molecule has 26 heavy (non-hydrogen) atoms. The van der Waals surface area contributed by atoms with Crippen molar-refractivity contribution in [3.63, 3.8) is 0 Å². The number of halogens is 2. The van der Waals surface area contributed by atoms with E-state index >= 15 is 0 Å². The van der Waals surface area contributed by atoms with Crippen molar-refractivity contribution in [2.24, 2.45) is 0 Å². The Kier molecular flexibility index (Phi) is 6.13. The topological polar surface area (TPSA) is 67.8 Å². The number of aromatic nitrogens is 4. The number of ether oxygens (including phenoxy) is 1. The Hall–Kier alpha value is -2.09. The van der Waals surface area contributed by atoms with E-state index in [1.54, 1.807) is 17.1 Å². The largest absolute Gasteiger partial charge is 0.490 e. The summed E-state index contributed by atoms with van der Waals surface area (Å²) in [5.74, 6) is 1.17. The van der Waals surface area contributed by atoms with Crippen LogP contribution < -0.4 is 10.2 Å². The molecule has 0 unspecified atom stereocenters. The van der Waals surface area contributed by atoms with Crippen LogP contribution >= 0.6 is 35.4 Å². The molecule has 0 saturated carbocycles. The molecule has 2 heterocycles. The smallest absolute Gasteiger partial charge is 0.214 e. The van der Waals surface area contributed by atoms with Crippen LogP contribution in [0.4, 0.5) is 0 Å². The molecule has 6 nitrogen and oxygen atoms in total. The van der Waals surface area contributed by atoms with E-state index in [-0.39, 0.29) is 0 Å². The van der Waals surface area contributed by atoms with Crippen LogP contribution in [0.25, 0.3) is 11.4 Å². The monoisotopic (exact) mass is 409 g/mol. The van der Waals surface area contributed by atoms with Gasteiger partial charge in [0.1, 0.15) is 0 Å². The molecule has 0 radical (unpaired) electrons. The minimum Gasteiger partial charge on any atom is -0.490 e. The lowest BCUT2D eigenvalue weighted by atomic mass is 10.2. The number of hydrogen-bond acceptors (Lipinski definition) is 5. The normalized spacial score (nSPS) is 10.7. The van der Waals surface area contributed by atoms with Crippen LogP contribution in [0.2, 0.25) is 10.0 Å². The van der Waals surface area contributed by atoms with Gasteiger partial charge in [-0.15, -0.1) is 0 Å². The average Bonchev–Trinajstić information content (AvgIpc) is 3.01. The van der Waals surface area contributed by atoms with Gasteiger partial charge in [-0.1, -0.05) is 30.1 Å². The number of hydrogen-bond donors (Lipinski definition) is 2. The third-order valence-electron chi connectivity index (χ3n) is 3.56. The first kappa shape index (κ1) is 18.7. The molecule has 0 bridgehead atoms. The van der Waals surface area contributed by atoms with Crippen molar-refractivity contribution >= 4 is 35.4 Å². The van der Waals surface area contributed by atoms with Gasteiger partial charge >= 0.3 is 0 Å². The maximum absolute atomic E-state index is 6.30. The first-order valence-electron chi connectivity index (χ1n) is 8.02. The van der Waals surface area contributed by atoms with E-state index in [0.717, 1.165) is 17.5 Å². The second-order valence-electron chi connectivity index (χ2n) is 5.50. The van der Waals surface area contributed by atoms with Gasteiger partial charge in [0.05, 0.1) is 23.2 Å². The van der Waals surface area contributed by atoms with Gasteiger partial charge in [0.25, 0.3) is 0 Å². The lowest BCUT2D eigenvalue weighted by Crippen LogP contribution is -2.16. The van der Waals surface area contributed by atoms with E-state index in [2.05, 4.69) is 20.6 Å². The zero-order chi connectivity index (χ0) is 18.5. The molecule has 9 heteroatoms. The van der Waals surface area contributed by atoms with Crippen molar-refractivity contribution in [2.75, 3.05) is 12.0 Å². The van der Waals surface area contributed by atoms with Crippen LogP contribution in [0.1, 0.15) is 18.9 Å². The molecule has 0 aliphatic heterocycles. The Labute approximate surface area is 166 Å². The molecular formula is C17H17Cl2N5OS. The number of H-pyrrole nitrogens is 1. The van der Waals surface area contributed by atoms with E-state index < -0.39 is 0 Å². The fraction of sp³-hybridized carbons (Fsp3) is 0.235. The predicted molar refractivity (Wildman–Crippen MR) is 106 cm³/mol. The molecule has 1 aromatic carbocycles. The molecule has 0 aliphatic carbocycles. The summed E-state index contributed by atoms with van der Waals surface area (Å²) in [5, 5.41) is 8.01. The third kappa shape index (κ3) is 4.17. The third-order valence-corrected chi connectivity index (χ3v) is 4.40. The number of benzene rings is 1. The average molecular weight is 410 g/mol. The van der Waals surface area contributed by atoms with Crippen molar-refractivity contribution in [2.45, 2.75) is 19.9 Å². The minimum absolute atomic E-state index is 0.455. The lowest BCUT2D eigenvalue weighted by molar-refractivity contribution is 0.318. The van der Waals surface area contributed by atoms with Gasteiger partial charge in [-0.3, -0.25) is 4.98 Å². The first-order chi connectivity index (χ1) is 12.6. The van der Waals surface area contributed by atoms with Crippen molar-refractivity contribution in [3.05, 3.63) is 57.0 Å². The van der Waals surface area contributed by atoms with Crippen molar-refractivity contribution in [1.82, 2.24) is 19.9 Å². The van der Waals surface area contributed by atoms with Gasteiger partial charge in [-0.05, 0) is 48.5 Å². The van der Waals surface area contributed by atoms with Crippen LogP contribution in [0.15, 0.2) is 36.7 Å². The predicted octanol–water partition coefficient (Wildman–Crippen LogP) is 4.84. The molecule has 0 spiro atoms. The molecule has 3 rings (SSSR count). The summed E-state index contributed by atoms with van der Waals surface area (Å²) >= 11 is 17.9. The Morgan fingerprint density at radius 2 is 1.92 bits per heavy atom. The van der Waals surface area contributed by atoms with Gasteiger partial charge in [-0.25, -0.2) is 9.77 Å². The highest BCUT2D eigenvalue weighted by atomic mass is 35.5. The number of nitrogens with zero attached hydrogens (tertiary/aromatic N) is 3. The number of nitrogens with one attached hydrogen (secondary N) is 2. The Morgan fingerprint density at radius 1 is 1.23 bits per heavy atom. The number of aromatic amines is 1. The van der Waals surface area contributed by atoms with Crippen molar-refractivity contribution < 1.29 is 4.74 Å². The molecule has 0 aliphatic rings. The lowest BCUT2D eigenvalue weighted by Gasteiger charge is -2.13. The highest BCUT2D eigenvalue weighted by Gasteiger charge is 2.12. The minimum atomic E-state index is 0.455. The number of rotatable bonds is 7. The van der Waals surface area contributed by atoms with Crippen LogP contribution in [0, 0.1) is 4.77 Å². The molecule has 136 valence electrons. The fourth-order valence-electron chi connectivity index (χ4n) is 2.37. The first-order valence-corrected chi connectivity index (χ1v) is 9.19.